The zero-order chi connectivity index (χ0) is 13.2. The predicted octanol–water partition coefficient (Wildman–Crippen LogP) is 1.98. The van der Waals surface area contributed by atoms with Gasteiger partial charge in [0.15, 0.2) is 0 Å². The minimum Gasteiger partial charge on any atom is -0.326 e. The zero-order valence-corrected chi connectivity index (χ0v) is 12.2. The summed E-state index contributed by atoms with van der Waals surface area (Å²) in [6.45, 7) is 2.61. The van der Waals surface area contributed by atoms with Gasteiger partial charge in [0.1, 0.15) is 4.90 Å². The van der Waals surface area contributed by atoms with Crippen molar-refractivity contribution in [2.75, 3.05) is 6.54 Å². The Balaban J connectivity index is 1.97. The van der Waals surface area contributed by atoms with Gasteiger partial charge in [-0.15, -0.1) is 11.3 Å². The highest BCUT2D eigenvalue weighted by molar-refractivity contribution is 7.89. The van der Waals surface area contributed by atoms with Gasteiger partial charge < -0.3 is 5.73 Å². The summed E-state index contributed by atoms with van der Waals surface area (Å²) in [7, 11) is -3.39. The highest BCUT2D eigenvalue weighted by Crippen LogP contribution is 2.33. The third-order valence-corrected chi connectivity index (χ3v) is 6.17. The average molecular weight is 288 g/mol. The van der Waals surface area contributed by atoms with Gasteiger partial charge in [-0.05, 0) is 36.6 Å². The van der Waals surface area contributed by atoms with Crippen molar-refractivity contribution in [1.29, 1.82) is 0 Å². The molecule has 0 aliphatic heterocycles. The SMILES string of the molecule is Cc1csc(CN)c1S(=O)(=O)NCCCC1CC1. The molecule has 1 aromatic heterocycles. The second-order valence-corrected chi connectivity index (χ2v) is 7.53. The van der Waals surface area contributed by atoms with Crippen molar-refractivity contribution in [2.45, 2.75) is 44.0 Å². The number of rotatable bonds is 7. The fourth-order valence-electron chi connectivity index (χ4n) is 2.07. The molecular formula is C12H20N2O2S2. The summed E-state index contributed by atoms with van der Waals surface area (Å²) in [5, 5.41) is 1.85. The summed E-state index contributed by atoms with van der Waals surface area (Å²) in [6.07, 6.45) is 4.68. The molecule has 1 fully saturated rings. The zero-order valence-electron chi connectivity index (χ0n) is 10.6. The van der Waals surface area contributed by atoms with E-state index >= 15 is 0 Å². The van der Waals surface area contributed by atoms with Crippen LogP contribution in [0.5, 0.6) is 0 Å². The van der Waals surface area contributed by atoms with E-state index in [0.717, 1.165) is 29.2 Å². The molecule has 0 radical (unpaired) electrons. The van der Waals surface area contributed by atoms with Gasteiger partial charge in [-0.25, -0.2) is 13.1 Å². The van der Waals surface area contributed by atoms with Gasteiger partial charge in [-0.1, -0.05) is 12.8 Å². The first-order chi connectivity index (χ1) is 8.54. The third-order valence-electron chi connectivity index (χ3n) is 3.22. The van der Waals surface area contributed by atoms with Crippen LogP contribution in [0.25, 0.3) is 0 Å². The average Bonchev–Trinajstić information content (AvgIpc) is 3.06. The Labute approximate surface area is 113 Å². The van der Waals surface area contributed by atoms with Gasteiger partial charge in [-0.2, -0.15) is 0 Å². The lowest BCUT2D eigenvalue weighted by molar-refractivity contribution is 0.571. The van der Waals surface area contributed by atoms with Gasteiger partial charge in [-0.3, -0.25) is 0 Å². The molecule has 1 saturated carbocycles. The van der Waals surface area contributed by atoms with E-state index in [1.165, 1.54) is 24.2 Å². The first-order valence-corrected chi connectivity index (χ1v) is 8.67. The molecule has 0 spiro atoms. The Kier molecular flexibility index (Phi) is 4.42. The van der Waals surface area contributed by atoms with Crippen LogP contribution < -0.4 is 10.5 Å². The largest absolute Gasteiger partial charge is 0.326 e. The van der Waals surface area contributed by atoms with Gasteiger partial charge in [0.25, 0.3) is 0 Å². The third kappa shape index (κ3) is 3.32. The summed E-state index contributed by atoms with van der Waals surface area (Å²) in [5.74, 6) is 0.844. The maximum absolute atomic E-state index is 12.2. The molecule has 4 nitrogen and oxygen atoms in total. The van der Waals surface area contributed by atoms with Crippen LogP contribution in [-0.4, -0.2) is 15.0 Å². The van der Waals surface area contributed by atoms with Crippen molar-refractivity contribution in [3.8, 4) is 0 Å². The van der Waals surface area contributed by atoms with E-state index in [2.05, 4.69) is 4.72 Å². The molecule has 0 unspecified atom stereocenters. The second kappa shape index (κ2) is 5.69. The summed E-state index contributed by atoms with van der Waals surface area (Å²) < 4.78 is 27.1. The van der Waals surface area contributed by atoms with Crippen molar-refractivity contribution in [3.05, 3.63) is 15.8 Å². The molecule has 0 amide bonds. The van der Waals surface area contributed by atoms with Gasteiger partial charge >= 0.3 is 0 Å². The maximum atomic E-state index is 12.2. The van der Waals surface area contributed by atoms with Crippen molar-refractivity contribution < 1.29 is 8.42 Å². The normalized spacial score (nSPS) is 16.1. The van der Waals surface area contributed by atoms with E-state index in [9.17, 15) is 8.42 Å². The maximum Gasteiger partial charge on any atom is 0.241 e. The van der Waals surface area contributed by atoms with Gasteiger partial charge in [0.05, 0.1) is 0 Å². The van der Waals surface area contributed by atoms with Crippen LogP contribution >= 0.6 is 11.3 Å². The highest BCUT2D eigenvalue weighted by Gasteiger charge is 2.23. The van der Waals surface area contributed by atoms with Gasteiger partial charge in [0.2, 0.25) is 10.0 Å². The van der Waals surface area contributed by atoms with E-state index in [0.29, 0.717) is 11.4 Å². The Hall–Kier alpha value is -0.430. The number of sulfonamides is 1. The topological polar surface area (TPSA) is 72.2 Å². The molecule has 0 atom stereocenters. The van der Waals surface area contributed by atoms with Crippen LogP contribution in [0.15, 0.2) is 10.3 Å². The van der Waals surface area contributed by atoms with Crippen LogP contribution in [-0.2, 0) is 16.6 Å². The number of nitrogens with one attached hydrogen (secondary N) is 1. The lowest BCUT2D eigenvalue weighted by Crippen LogP contribution is -2.26. The number of hydrogen-bond donors (Lipinski definition) is 2. The minimum atomic E-state index is -3.39. The van der Waals surface area contributed by atoms with Crippen molar-refractivity contribution >= 4 is 21.4 Å². The number of thiophene rings is 1. The number of hydrogen-bond acceptors (Lipinski definition) is 4. The van der Waals surface area contributed by atoms with Crippen molar-refractivity contribution in [3.63, 3.8) is 0 Å². The molecule has 1 aliphatic rings. The molecule has 0 aromatic carbocycles. The molecule has 3 N–H and O–H groups in total. The van der Waals surface area contributed by atoms with Crippen molar-refractivity contribution in [1.82, 2.24) is 4.72 Å². The first-order valence-electron chi connectivity index (χ1n) is 6.31. The number of nitrogens with two attached hydrogens (primary N) is 1. The molecule has 0 saturated heterocycles. The minimum absolute atomic E-state index is 0.275. The van der Waals surface area contributed by atoms with Crippen LogP contribution in [0.3, 0.4) is 0 Å². The quantitative estimate of drug-likeness (QED) is 0.754. The lowest BCUT2D eigenvalue weighted by Gasteiger charge is -2.08. The van der Waals surface area contributed by atoms with E-state index in [-0.39, 0.29) is 6.54 Å². The van der Waals surface area contributed by atoms with E-state index in [1.54, 1.807) is 0 Å². The standard InChI is InChI=1S/C12H20N2O2S2/c1-9-8-17-11(7-13)12(9)18(15,16)14-6-2-3-10-4-5-10/h8,10,14H,2-7,13H2,1H3. The predicted molar refractivity (Wildman–Crippen MR) is 74.1 cm³/mol. The Morgan fingerprint density at radius 2 is 2.22 bits per heavy atom. The van der Waals surface area contributed by atoms with Gasteiger partial charge in [0, 0.05) is 18.0 Å². The highest BCUT2D eigenvalue weighted by atomic mass is 32.2. The molecular weight excluding hydrogens is 268 g/mol. The van der Waals surface area contributed by atoms with Crippen LogP contribution in [0.2, 0.25) is 0 Å². The fraction of sp³-hybridized carbons (Fsp3) is 0.667. The Bertz CT molecular complexity index is 504. The molecule has 2 rings (SSSR count). The fourth-order valence-corrected chi connectivity index (χ4v) is 4.84. The first kappa shape index (κ1) is 14.0. The molecule has 0 bridgehead atoms. The Morgan fingerprint density at radius 1 is 1.50 bits per heavy atom. The molecule has 1 aliphatic carbocycles. The monoisotopic (exact) mass is 288 g/mol. The molecule has 1 heterocycles. The number of aryl methyl sites for hydroxylation is 1. The molecule has 6 heteroatoms. The summed E-state index contributed by atoms with van der Waals surface area (Å²) in [5.41, 5.74) is 6.37. The lowest BCUT2D eigenvalue weighted by atomic mass is 10.2. The summed E-state index contributed by atoms with van der Waals surface area (Å²) in [6, 6.07) is 0. The molecule has 102 valence electrons. The van der Waals surface area contributed by atoms with Crippen molar-refractivity contribution in [2.24, 2.45) is 11.7 Å². The summed E-state index contributed by atoms with van der Waals surface area (Å²) in [4.78, 5) is 1.13. The molecule has 1 aromatic rings. The van der Waals surface area contributed by atoms with E-state index in [1.807, 2.05) is 12.3 Å². The molecule has 18 heavy (non-hydrogen) atoms. The van der Waals surface area contributed by atoms with Crippen LogP contribution in [0, 0.1) is 12.8 Å². The van der Waals surface area contributed by atoms with E-state index < -0.39 is 10.0 Å². The summed E-state index contributed by atoms with van der Waals surface area (Å²) >= 11 is 1.41. The van der Waals surface area contributed by atoms with E-state index in [4.69, 9.17) is 5.73 Å². The van der Waals surface area contributed by atoms with Crippen LogP contribution in [0.4, 0.5) is 0 Å². The van der Waals surface area contributed by atoms with Crippen LogP contribution in [0.1, 0.15) is 36.1 Å². The Morgan fingerprint density at radius 3 is 2.83 bits per heavy atom. The second-order valence-electron chi connectivity index (χ2n) is 4.86. The smallest absolute Gasteiger partial charge is 0.241 e.